The molecule has 11 heteroatoms. The fourth-order valence-electron chi connectivity index (χ4n) is 5.83. The zero-order valence-electron chi connectivity index (χ0n) is 23.1. The molecule has 4 rings (SSSR count). The highest BCUT2D eigenvalue weighted by molar-refractivity contribution is 5.75. The monoisotopic (exact) mass is 566 g/mol. The molecular weight excluding hydrogens is 531 g/mol. The molecule has 3 amide bonds. The summed E-state index contributed by atoms with van der Waals surface area (Å²) in [4.78, 5) is 32.8. The summed E-state index contributed by atoms with van der Waals surface area (Å²) in [5.74, 6) is -1.37. The Kier molecular flexibility index (Phi) is 8.72. The van der Waals surface area contributed by atoms with Crippen LogP contribution in [0.3, 0.4) is 0 Å². The van der Waals surface area contributed by atoms with Crippen LogP contribution < -0.4 is 0 Å². The van der Waals surface area contributed by atoms with Crippen molar-refractivity contribution in [2.24, 2.45) is 0 Å². The van der Waals surface area contributed by atoms with Crippen molar-refractivity contribution in [3.63, 3.8) is 0 Å². The molecular formula is C29H35F5N4O2. The van der Waals surface area contributed by atoms with E-state index in [4.69, 9.17) is 0 Å². The van der Waals surface area contributed by atoms with Crippen LogP contribution in [0.1, 0.15) is 61.0 Å². The third-order valence-corrected chi connectivity index (χ3v) is 8.30. The number of benzene rings is 2. The minimum absolute atomic E-state index is 0.0379. The van der Waals surface area contributed by atoms with E-state index in [1.54, 1.807) is 31.7 Å². The first-order valence-electron chi connectivity index (χ1n) is 13.4. The molecule has 2 fully saturated rings. The first kappa shape index (κ1) is 29.8. The normalized spacial score (nSPS) is 21.3. The molecule has 218 valence electrons. The summed E-state index contributed by atoms with van der Waals surface area (Å²) in [5.41, 5.74) is 0.421. The second-order valence-corrected chi connectivity index (χ2v) is 10.8. The van der Waals surface area contributed by atoms with E-state index in [1.165, 1.54) is 24.1 Å². The lowest BCUT2D eigenvalue weighted by atomic mass is 9.88. The van der Waals surface area contributed by atoms with Gasteiger partial charge in [-0.3, -0.25) is 9.69 Å². The van der Waals surface area contributed by atoms with Crippen molar-refractivity contribution in [3.8, 4) is 0 Å². The number of likely N-dealkylation sites (tertiary alicyclic amines) is 1. The second kappa shape index (κ2) is 11.7. The Balaban J connectivity index is 1.58. The molecule has 2 aromatic carbocycles. The molecule has 3 atom stereocenters. The van der Waals surface area contributed by atoms with Gasteiger partial charge in [0.15, 0.2) is 0 Å². The van der Waals surface area contributed by atoms with E-state index in [1.807, 2.05) is 4.90 Å². The topological polar surface area (TPSA) is 47.1 Å². The van der Waals surface area contributed by atoms with Gasteiger partial charge in [-0.1, -0.05) is 6.07 Å². The first-order chi connectivity index (χ1) is 18.8. The number of hydrogen-bond acceptors (Lipinski definition) is 3. The molecule has 2 aromatic rings. The average molecular weight is 567 g/mol. The van der Waals surface area contributed by atoms with E-state index in [0.29, 0.717) is 57.2 Å². The van der Waals surface area contributed by atoms with E-state index in [9.17, 15) is 31.5 Å². The van der Waals surface area contributed by atoms with Crippen LogP contribution >= 0.6 is 0 Å². The SMILES string of the molecule is CC(=O)N1CCN([C@H]2CCN(C(=O)N(C)[C@H](C)c3cc(F)cc(C(F)(F)F)c3)[C@@H](c3ccc(F)cc3C)C2)CC1. The molecule has 2 heterocycles. The highest BCUT2D eigenvalue weighted by Gasteiger charge is 2.39. The number of hydrogen-bond donors (Lipinski definition) is 0. The van der Waals surface area contributed by atoms with Crippen LogP contribution in [-0.4, -0.2) is 77.4 Å². The van der Waals surface area contributed by atoms with Gasteiger partial charge >= 0.3 is 12.2 Å². The van der Waals surface area contributed by atoms with Crippen LogP contribution in [-0.2, 0) is 11.0 Å². The number of rotatable bonds is 4. The Morgan fingerprint density at radius 1 is 0.975 bits per heavy atom. The van der Waals surface area contributed by atoms with Gasteiger partial charge < -0.3 is 14.7 Å². The van der Waals surface area contributed by atoms with Crippen LogP contribution in [0.4, 0.5) is 26.7 Å². The Morgan fingerprint density at radius 2 is 1.65 bits per heavy atom. The van der Waals surface area contributed by atoms with Crippen molar-refractivity contribution in [2.75, 3.05) is 39.8 Å². The zero-order valence-corrected chi connectivity index (χ0v) is 23.1. The predicted molar refractivity (Wildman–Crippen MR) is 140 cm³/mol. The lowest BCUT2D eigenvalue weighted by Gasteiger charge is -2.47. The molecule has 0 N–H and O–H groups in total. The van der Waals surface area contributed by atoms with Gasteiger partial charge in [-0.25, -0.2) is 13.6 Å². The predicted octanol–water partition coefficient (Wildman–Crippen LogP) is 5.77. The maximum Gasteiger partial charge on any atom is 0.416 e. The van der Waals surface area contributed by atoms with Crippen LogP contribution in [0.5, 0.6) is 0 Å². The summed E-state index contributed by atoms with van der Waals surface area (Å²) in [6.45, 7) is 7.96. The Bertz CT molecular complexity index is 1250. The Hall–Kier alpha value is -3.21. The van der Waals surface area contributed by atoms with E-state index < -0.39 is 35.7 Å². The van der Waals surface area contributed by atoms with Crippen molar-refractivity contribution < 1.29 is 31.5 Å². The van der Waals surface area contributed by atoms with Gasteiger partial charge in [0.25, 0.3) is 0 Å². The summed E-state index contributed by atoms with van der Waals surface area (Å²) in [5, 5.41) is 0. The lowest BCUT2D eigenvalue weighted by Crippen LogP contribution is -2.56. The van der Waals surface area contributed by atoms with E-state index in [0.717, 1.165) is 17.7 Å². The van der Waals surface area contributed by atoms with Crippen molar-refractivity contribution in [2.45, 2.75) is 57.9 Å². The number of halogens is 5. The number of urea groups is 1. The van der Waals surface area contributed by atoms with Crippen molar-refractivity contribution in [1.29, 1.82) is 0 Å². The third kappa shape index (κ3) is 6.40. The molecule has 2 saturated heterocycles. The summed E-state index contributed by atoms with van der Waals surface area (Å²) in [7, 11) is 1.49. The number of carbonyl (C=O) groups is 2. The number of aryl methyl sites for hydroxylation is 1. The molecule has 2 aliphatic heterocycles. The van der Waals surface area contributed by atoms with Gasteiger partial charge in [0.05, 0.1) is 17.6 Å². The quantitative estimate of drug-likeness (QED) is 0.442. The van der Waals surface area contributed by atoms with Gasteiger partial charge in [0, 0.05) is 52.7 Å². The van der Waals surface area contributed by atoms with Crippen molar-refractivity contribution >= 4 is 11.9 Å². The van der Waals surface area contributed by atoms with Crippen LogP contribution in [0.25, 0.3) is 0 Å². The molecule has 0 spiro atoms. The van der Waals surface area contributed by atoms with Gasteiger partial charge in [0.1, 0.15) is 11.6 Å². The van der Waals surface area contributed by atoms with Crippen LogP contribution in [0.15, 0.2) is 36.4 Å². The number of piperazine rings is 1. The molecule has 0 aromatic heterocycles. The second-order valence-electron chi connectivity index (χ2n) is 10.8. The molecule has 0 saturated carbocycles. The minimum Gasteiger partial charge on any atom is -0.340 e. The summed E-state index contributed by atoms with van der Waals surface area (Å²) < 4.78 is 68.0. The van der Waals surface area contributed by atoms with Crippen LogP contribution in [0.2, 0.25) is 0 Å². The fraction of sp³-hybridized carbons (Fsp3) is 0.517. The number of nitrogens with zero attached hydrogens (tertiary/aromatic N) is 4. The van der Waals surface area contributed by atoms with E-state index in [-0.39, 0.29) is 23.3 Å². The highest BCUT2D eigenvalue weighted by Crippen LogP contribution is 2.38. The number of amides is 3. The molecule has 0 bridgehead atoms. The highest BCUT2D eigenvalue weighted by atomic mass is 19.4. The molecule has 6 nitrogen and oxygen atoms in total. The Labute approximate surface area is 231 Å². The van der Waals surface area contributed by atoms with E-state index >= 15 is 0 Å². The maximum absolute atomic E-state index is 14.1. The smallest absolute Gasteiger partial charge is 0.340 e. The van der Waals surface area contributed by atoms with Crippen molar-refractivity contribution in [3.05, 3.63) is 70.3 Å². The van der Waals surface area contributed by atoms with Crippen LogP contribution in [0, 0.1) is 18.6 Å². The zero-order chi connectivity index (χ0) is 29.4. The third-order valence-electron chi connectivity index (χ3n) is 8.30. The van der Waals surface area contributed by atoms with Gasteiger partial charge in [-0.05, 0) is 73.7 Å². The standard InChI is InChI=1S/C29H35F5N4O2/c1-18-13-23(30)5-6-26(18)27-17-25(37-11-9-36(10-12-37)20(3)39)7-8-38(27)28(40)35(4)19(2)21-14-22(29(32,33)34)16-24(31)15-21/h5-6,13-16,19,25,27H,7-12,17H2,1-4H3/t19-,25+,27-/m1/s1. The number of alkyl halides is 3. The summed E-state index contributed by atoms with van der Waals surface area (Å²) in [6, 6.07) is 5.27. The number of piperidine rings is 1. The lowest BCUT2D eigenvalue weighted by molar-refractivity contribution is -0.137. The van der Waals surface area contributed by atoms with Gasteiger partial charge in [0.2, 0.25) is 5.91 Å². The molecule has 2 aliphatic rings. The molecule has 0 unspecified atom stereocenters. The van der Waals surface area contributed by atoms with E-state index in [2.05, 4.69) is 4.90 Å². The molecule has 0 radical (unpaired) electrons. The minimum atomic E-state index is -4.72. The average Bonchev–Trinajstić information content (AvgIpc) is 2.90. The first-order valence-corrected chi connectivity index (χ1v) is 13.4. The number of carbonyl (C=O) groups excluding carboxylic acids is 2. The molecule has 0 aliphatic carbocycles. The maximum atomic E-state index is 14.1. The molecule has 40 heavy (non-hydrogen) atoms. The largest absolute Gasteiger partial charge is 0.416 e. The van der Waals surface area contributed by atoms with Gasteiger partial charge in [-0.15, -0.1) is 0 Å². The van der Waals surface area contributed by atoms with Crippen molar-refractivity contribution in [1.82, 2.24) is 19.6 Å². The fourth-order valence-corrected chi connectivity index (χ4v) is 5.83. The summed E-state index contributed by atoms with van der Waals surface area (Å²) in [6.07, 6.45) is -3.47. The Morgan fingerprint density at radius 3 is 2.25 bits per heavy atom. The summed E-state index contributed by atoms with van der Waals surface area (Å²) >= 11 is 0. The van der Waals surface area contributed by atoms with Gasteiger partial charge in [-0.2, -0.15) is 13.2 Å².